The number of amides is 1. The molecule has 0 atom stereocenters. The average molecular weight is 309 g/mol. The third kappa shape index (κ3) is 10.2. The molecule has 22 heavy (non-hydrogen) atoms. The molecule has 0 radical (unpaired) electrons. The predicted octanol–water partition coefficient (Wildman–Crippen LogP) is 2.24. The molecule has 5 nitrogen and oxygen atoms in total. The first kappa shape index (κ1) is 20.4. The minimum absolute atomic E-state index is 0.0363. The molecule has 0 heterocycles. The first-order chi connectivity index (χ1) is 10.3. The Morgan fingerprint density at radius 2 is 1.73 bits per heavy atom. The van der Waals surface area contributed by atoms with Crippen LogP contribution in [0.2, 0.25) is 0 Å². The zero-order valence-corrected chi connectivity index (χ0v) is 14.7. The van der Waals surface area contributed by atoms with Crippen molar-refractivity contribution < 1.29 is 9.53 Å². The van der Waals surface area contributed by atoms with E-state index in [1.54, 1.807) is 7.11 Å². The van der Waals surface area contributed by atoms with Gasteiger partial charge in [0.15, 0.2) is 0 Å². The van der Waals surface area contributed by atoms with E-state index < -0.39 is 0 Å². The lowest BCUT2D eigenvalue weighted by atomic mass is 9.93. The summed E-state index contributed by atoms with van der Waals surface area (Å²) in [5.74, 6) is 0.0363. The fraction of sp³-hybridized carbons (Fsp3) is 0.588. The summed E-state index contributed by atoms with van der Waals surface area (Å²) in [7, 11) is 5.52. The molecule has 0 aliphatic heterocycles. The normalized spacial score (nSPS) is 10.5. The number of methoxy groups -OCH3 is 1. The Balaban J connectivity index is 0.000000401. The van der Waals surface area contributed by atoms with Gasteiger partial charge in [-0.2, -0.15) is 0 Å². The summed E-state index contributed by atoms with van der Waals surface area (Å²) in [5, 5.41) is 8.93. The van der Waals surface area contributed by atoms with Gasteiger partial charge in [-0.15, -0.1) is 0 Å². The fourth-order valence-electron chi connectivity index (χ4n) is 1.84. The van der Waals surface area contributed by atoms with Gasteiger partial charge in [-0.3, -0.25) is 4.79 Å². The molecule has 0 saturated carbocycles. The third-order valence-corrected chi connectivity index (χ3v) is 3.02. The molecular formula is C17H31N3O2. The second-order valence-corrected chi connectivity index (χ2v) is 5.98. The molecule has 0 saturated heterocycles. The van der Waals surface area contributed by atoms with E-state index in [4.69, 9.17) is 4.74 Å². The number of anilines is 1. The molecule has 3 N–H and O–H groups in total. The van der Waals surface area contributed by atoms with Crippen LogP contribution in [-0.4, -0.2) is 40.2 Å². The van der Waals surface area contributed by atoms with Crippen molar-refractivity contribution in [2.75, 3.05) is 39.6 Å². The van der Waals surface area contributed by atoms with Crippen molar-refractivity contribution in [3.63, 3.8) is 0 Å². The number of benzene rings is 1. The van der Waals surface area contributed by atoms with Crippen molar-refractivity contribution in [2.24, 2.45) is 5.41 Å². The minimum Gasteiger partial charge on any atom is -0.388 e. The molecule has 0 bridgehead atoms. The van der Waals surface area contributed by atoms with Gasteiger partial charge in [-0.25, -0.2) is 0 Å². The van der Waals surface area contributed by atoms with E-state index in [-0.39, 0.29) is 11.3 Å². The Kier molecular flexibility index (Phi) is 10.2. The largest absolute Gasteiger partial charge is 0.388 e. The topological polar surface area (TPSA) is 62.4 Å². The van der Waals surface area contributed by atoms with Gasteiger partial charge in [0.1, 0.15) is 0 Å². The monoisotopic (exact) mass is 309 g/mol. The van der Waals surface area contributed by atoms with Gasteiger partial charge in [0, 0.05) is 39.9 Å². The van der Waals surface area contributed by atoms with Gasteiger partial charge in [-0.1, -0.05) is 26.0 Å². The molecule has 126 valence electrons. The van der Waals surface area contributed by atoms with E-state index in [0.29, 0.717) is 6.61 Å². The number of carbonyl (C=O) groups excluding carboxylic acids is 1. The number of hydrogen-bond donors (Lipinski definition) is 3. The standard InChI is InChI=1S/C9H13NO.C8H18N2O/c1-10-9-5-3-8(4-6-9)7-11-2;1-7(11)10-6-8(2,3)5-9-4/h3-6,10H,7H2,1-2H3;9H,5-6H2,1-4H3,(H,10,11). The predicted molar refractivity (Wildman–Crippen MR) is 93.1 cm³/mol. The summed E-state index contributed by atoms with van der Waals surface area (Å²) < 4.78 is 4.98. The Morgan fingerprint density at radius 3 is 2.14 bits per heavy atom. The number of ether oxygens (including phenoxy) is 1. The highest BCUT2D eigenvalue weighted by molar-refractivity contribution is 5.72. The average Bonchev–Trinajstić information content (AvgIpc) is 2.47. The van der Waals surface area contributed by atoms with Crippen LogP contribution in [0.3, 0.4) is 0 Å². The summed E-state index contributed by atoms with van der Waals surface area (Å²) in [4.78, 5) is 10.6. The lowest BCUT2D eigenvalue weighted by Crippen LogP contribution is -2.38. The van der Waals surface area contributed by atoms with Gasteiger partial charge in [0.2, 0.25) is 5.91 Å². The molecule has 1 rings (SSSR count). The zero-order chi connectivity index (χ0) is 17.0. The summed E-state index contributed by atoms with van der Waals surface area (Å²) >= 11 is 0. The number of hydrogen-bond acceptors (Lipinski definition) is 4. The van der Waals surface area contributed by atoms with Crippen LogP contribution in [0.1, 0.15) is 26.3 Å². The summed E-state index contributed by atoms with van der Waals surface area (Å²) in [6, 6.07) is 8.17. The molecule has 0 aliphatic rings. The Labute approximate surface area is 134 Å². The fourth-order valence-corrected chi connectivity index (χ4v) is 1.84. The summed E-state index contributed by atoms with van der Waals surface area (Å²) in [6.07, 6.45) is 0. The molecule has 0 unspecified atom stereocenters. The van der Waals surface area contributed by atoms with E-state index >= 15 is 0 Å². The van der Waals surface area contributed by atoms with Crippen molar-refractivity contribution in [1.82, 2.24) is 10.6 Å². The van der Waals surface area contributed by atoms with Crippen molar-refractivity contribution in [3.05, 3.63) is 29.8 Å². The lowest BCUT2D eigenvalue weighted by molar-refractivity contribution is -0.119. The maximum Gasteiger partial charge on any atom is 0.216 e. The minimum atomic E-state index is 0.0363. The second-order valence-electron chi connectivity index (χ2n) is 5.98. The summed E-state index contributed by atoms with van der Waals surface area (Å²) in [5.41, 5.74) is 2.47. The van der Waals surface area contributed by atoms with E-state index in [9.17, 15) is 4.79 Å². The zero-order valence-electron chi connectivity index (χ0n) is 14.7. The molecule has 0 fully saturated rings. The van der Waals surface area contributed by atoms with Gasteiger partial charge in [0.25, 0.3) is 0 Å². The van der Waals surface area contributed by atoms with Gasteiger partial charge in [0.05, 0.1) is 6.61 Å². The van der Waals surface area contributed by atoms with Gasteiger partial charge < -0.3 is 20.7 Å². The van der Waals surface area contributed by atoms with E-state index in [2.05, 4.69) is 41.9 Å². The number of rotatable bonds is 7. The molecule has 1 aromatic rings. The van der Waals surface area contributed by atoms with Crippen LogP contribution in [0.5, 0.6) is 0 Å². The highest BCUT2D eigenvalue weighted by Gasteiger charge is 2.16. The van der Waals surface area contributed by atoms with Crippen LogP contribution >= 0.6 is 0 Å². The van der Waals surface area contributed by atoms with Crippen LogP contribution < -0.4 is 16.0 Å². The van der Waals surface area contributed by atoms with Crippen LogP contribution in [-0.2, 0) is 16.1 Å². The SMILES string of the molecule is CNCC(C)(C)CNC(C)=O.CNc1ccc(COC)cc1. The molecule has 1 aromatic carbocycles. The van der Waals surface area contributed by atoms with Crippen molar-refractivity contribution in [1.29, 1.82) is 0 Å². The highest BCUT2D eigenvalue weighted by Crippen LogP contribution is 2.10. The molecule has 0 aliphatic carbocycles. The molecular weight excluding hydrogens is 278 g/mol. The molecule has 1 amide bonds. The Morgan fingerprint density at radius 1 is 1.14 bits per heavy atom. The molecule has 0 spiro atoms. The molecule has 0 aromatic heterocycles. The van der Waals surface area contributed by atoms with E-state index in [1.807, 2.05) is 26.2 Å². The van der Waals surface area contributed by atoms with Crippen molar-refractivity contribution >= 4 is 11.6 Å². The molecule has 5 heteroatoms. The van der Waals surface area contributed by atoms with Crippen LogP contribution in [0.15, 0.2) is 24.3 Å². The van der Waals surface area contributed by atoms with Crippen molar-refractivity contribution in [2.45, 2.75) is 27.4 Å². The highest BCUT2D eigenvalue weighted by atomic mass is 16.5. The smallest absolute Gasteiger partial charge is 0.216 e. The van der Waals surface area contributed by atoms with E-state index in [0.717, 1.165) is 18.8 Å². The Bertz CT molecular complexity index is 416. The van der Waals surface area contributed by atoms with Gasteiger partial charge in [-0.05, 0) is 30.2 Å². The number of carbonyl (C=O) groups is 1. The van der Waals surface area contributed by atoms with Gasteiger partial charge >= 0.3 is 0 Å². The maximum atomic E-state index is 10.6. The Hall–Kier alpha value is -1.59. The van der Waals surface area contributed by atoms with Crippen LogP contribution in [0.25, 0.3) is 0 Å². The quantitative estimate of drug-likeness (QED) is 0.723. The summed E-state index contributed by atoms with van der Waals surface area (Å²) in [6.45, 7) is 8.08. The third-order valence-electron chi connectivity index (χ3n) is 3.02. The van der Waals surface area contributed by atoms with Crippen molar-refractivity contribution in [3.8, 4) is 0 Å². The second kappa shape index (κ2) is 11.0. The lowest BCUT2D eigenvalue weighted by Gasteiger charge is -2.23. The number of nitrogens with one attached hydrogen (secondary N) is 3. The first-order valence-corrected chi connectivity index (χ1v) is 7.49. The first-order valence-electron chi connectivity index (χ1n) is 7.49. The van der Waals surface area contributed by atoms with Crippen LogP contribution in [0.4, 0.5) is 5.69 Å². The van der Waals surface area contributed by atoms with E-state index in [1.165, 1.54) is 12.5 Å². The maximum absolute atomic E-state index is 10.6. The van der Waals surface area contributed by atoms with Crippen LogP contribution in [0, 0.1) is 5.41 Å².